The molecule has 0 spiro atoms. The molecule has 1 N–H and O–H groups in total. The highest BCUT2D eigenvalue weighted by Gasteiger charge is 2.34. The van der Waals surface area contributed by atoms with Gasteiger partial charge in [0.15, 0.2) is 0 Å². The number of rotatable bonds is 4. The predicted octanol–water partition coefficient (Wildman–Crippen LogP) is 2.32. The van der Waals surface area contributed by atoms with Crippen molar-refractivity contribution >= 4 is 5.91 Å². The van der Waals surface area contributed by atoms with Gasteiger partial charge in [-0.1, -0.05) is 30.7 Å². The van der Waals surface area contributed by atoms with Crippen molar-refractivity contribution < 1.29 is 4.79 Å². The van der Waals surface area contributed by atoms with Gasteiger partial charge in [-0.25, -0.2) is 0 Å². The predicted molar refractivity (Wildman–Crippen MR) is 80.8 cm³/mol. The normalized spacial score (nSPS) is 24.6. The Balaban J connectivity index is 1.63. The number of nitrogens with zero attached hydrogens (tertiary/aromatic N) is 1. The van der Waals surface area contributed by atoms with Gasteiger partial charge in [-0.15, -0.1) is 0 Å². The first-order valence-corrected chi connectivity index (χ1v) is 7.89. The summed E-state index contributed by atoms with van der Waals surface area (Å²) < 4.78 is 0. The second-order valence-corrected chi connectivity index (χ2v) is 5.98. The lowest BCUT2D eigenvalue weighted by molar-refractivity contribution is -0.133. The summed E-state index contributed by atoms with van der Waals surface area (Å²) in [7, 11) is 0. The van der Waals surface area contributed by atoms with Crippen LogP contribution in [0.5, 0.6) is 0 Å². The van der Waals surface area contributed by atoms with Crippen LogP contribution in [0.15, 0.2) is 24.3 Å². The number of fused-ring (bicyclic) bond motifs is 1. The number of piperidine rings is 1. The van der Waals surface area contributed by atoms with E-state index in [-0.39, 0.29) is 5.92 Å². The zero-order valence-corrected chi connectivity index (χ0v) is 12.3. The third kappa shape index (κ3) is 2.59. The Hall–Kier alpha value is -1.35. The number of amides is 1. The summed E-state index contributed by atoms with van der Waals surface area (Å²) in [6, 6.07) is 8.83. The van der Waals surface area contributed by atoms with Crippen molar-refractivity contribution in [1.29, 1.82) is 0 Å². The molecule has 1 aromatic rings. The molecule has 1 aliphatic heterocycles. The van der Waals surface area contributed by atoms with Crippen LogP contribution < -0.4 is 5.32 Å². The van der Waals surface area contributed by atoms with Gasteiger partial charge in [0.25, 0.3) is 0 Å². The minimum atomic E-state index is 0.106. The Morgan fingerprint density at radius 1 is 1.35 bits per heavy atom. The number of likely N-dealkylation sites (N-methyl/N-ethyl adjacent to an activating group) is 1. The van der Waals surface area contributed by atoms with Gasteiger partial charge < -0.3 is 10.2 Å². The standard InChI is InChI=1S/C17H24N2O/c1-2-19(12-14-8-5-6-10-18-14)17(20)16-11-13-7-3-4-9-15(13)16/h3-4,7,9,14,16,18H,2,5-6,8,10-12H2,1H3. The topological polar surface area (TPSA) is 32.3 Å². The summed E-state index contributed by atoms with van der Waals surface area (Å²) in [4.78, 5) is 14.7. The molecule has 1 fully saturated rings. The summed E-state index contributed by atoms with van der Waals surface area (Å²) in [5, 5.41) is 3.54. The fraction of sp³-hybridized carbons (Fsp3) is 0.588. The fourth-order valence-electron chi connectivity index (χ4n) is 3.42. The van der Waals surface area contributed by atoms with E-state index in [1.807, 2.05) is 11.0 Å². The van der Waals surface area contributed by atoms with E-state index in [0.29, 0.717) is 11.9 Å². The number of nitrogens with one attached hydrogen (secondary N) is 1. The van der Waals surface area contributed by atoms with E-state index in [9.17, 15) is 4.79 Å². The van der Waals surface area contributed by atoms with E-state index in [4.69, 9.17) is 0 Å². The molecule has 3 heteroatoms. The maximum Gasteiger partial charge on any atom is 0.230 e. The van der Waals surface area contributed by atoms with Gasteiger partial charge in [0, 0.05) is 19.1 Å². The van der Waals surface area contributed by atoms with Crippen molar-refractivity contribution in [2.75, 3.05) is 19.6 Å². The van der Waals surface area contributed by atoms with Crippen LogP contribution in [0.25, 0.3) is 0 Å². The van der Waals surface area contributed by atoms with Crippen LogP contribution in [-0.4, -0.2) is 36.5 Å². The van der Waals surface area contributed by atoms with Crippen molar-refractivity contribution in [2.45, 2.75) is 44.6 Å². The van der Waals surface area contributed by atoms with E-state index in [1.165, 1.54) is 30.4 Å². The zero-order chi connectivity index (χ0) is 13.9. The number of carbonyl (C=O) groups is 1. The summed E-state index contributed by atoms with van der Waals surface area (Å²) in [6.45, 7) is 4.87. The van der Waals surface area contributed by atoms with Gasteiger partial charge in [-0.2, -0.15) is 0 Å². The van der Waals surface area contributed by atoms with Crippen LogP contribution in [-0.2, 0) is 11.2 Å². The van der Waals surface area contributed by atoms with Crippen LogP contribution in [0.4, 0.5) is 0 Å². The Bertz CT molecular complexity index is 480. The van der Waals surface area contributed by atoms with E-state index in [2.05, 4.69) is 30.4 Å². The maximum absolute atomic E-state index is 12.7. The quantitative estimate of drug-likeness (QED) is 0.912. The van der Waals surface area contributed by atoms with Crippen LogP contribution in [0, 0.1) is 0 Å². The van der Waals surface area contributed by atoms with Gasteiger partial charge in [0.2, 0.25) is 5.91 Å². The SMILES string of the molecule is CCN(CC1CCCCN1)C(=O)C1Cc2ccccc21. The molecule has 1 saturated heterocycles. The van der Waals surface area contributed by atoms with Gasteiger partial charge in [-0.3, -0.25) is 4.79 Å². The molecule has 0 radical (unpaired) electrons. The number of benzene rings is 1. The second-order valence-electron chi connectivity index (χ2n) is 5.98. The van der Waals surface area contributed by atoms with Crippen molar-refractivity contribution in [1.82, 2.24) is 10.2 Å². The van der Waals surface area contributed by atoms with Crippen molar-refractivity contribution in [2.24, 2.45) is 0 Å². The number of hydrogen-bond donors (Lipinski definition) is 1. The molecule has 0 saturated carbocycles. The van der Waals surface area contributed by atoms with Gasteiger partial charge in [0.05, 0.1) is 5.92 Å². The first-order valence-electron chi connectivity index (χ1n) is 7.89. The molecule has 1 aromatic carbocycles. The molecular formula is C17H24N2O. The third-order valence-corrected chi connectivity index (χ3v) is 4.70. The number of carbonyl (C=O) groups excluding carboxylic acids is 1. The average Bonchev–Trinajstić information content (AvgIpc) is 2.47. The van der Waals surface area contributed by atoms with Crippen LogP contribution in [0.1, 0.15) is 43.2 Å². The fourth-order valence-corrected chi connectivity index (χ4v) is 3.42. The summed E-state index contributed by atoms with van der Waals surface area (Å²) in [5.74, 6) is 0.424. The minimum absolute atomic E-state index is 0.106. The lowest BCUT2D eigenvalue weighted by Crippen LogP contribution is -2.48. The highest BCUT2D eigenvalue weighted by Crippen LogP contribution is 2.36. The molecule has 0 aromatic heterocycles. The summed E-state index contributed by atoms with van der Waals surface area (Å²) in [5.41, 5.74) is 2.59. The molecule has 2 atom stereocenters. The molecule has 2 aliphatic rings. The molecular weight excluding hydrogens is 248 g/mol. The maximum atomic E-state index is 12.7. The monoisotopic (exact) mass is 272 g/mol. The highest BCUT2D eigenvalue weighted by atomic mass is 16.2. The van der Waals surface area contributed by atoms with E-state index in [0.717, 1.165) is 26.1 Å². The van der Waals surface area contributed by atoms with Crippen molar-refractivity contribution in [3.05, 3.63) is 35.4 Å². The first-order chi connectivity index (χ1) is 9.79. The molecule has 3 rings (SSSR count). The van der Waals surface area contributed by atoms with E-state index >= 15 is 0 Å². The lowest BCUT2D eigenvalue weighted by Gasteiger charge is -2.36. The zero-order valence-electron chi connectivity index (χ0n) is 12.3. The minimum Gasteiger partial charge on any atom is -0.341 e. The Kier molecular flexibility index (Phi) is 4.06. The molecule has 2 unspecified atom stereocenters. The molecule has 1 amide bonds. The van der Waals surface area contributed by atoms with Gasteiger partial charge in [0.1, 0.15) is 0 Å². The van der Waals surface area contributed by atoms with Gasteiger partial charge >= 0.3 is 0 Å². The lowest BCUT2D eigenvalue weighted by atomic mass is 9.77. The van der Waals surface area contributed by atoms with E-state index < -0.39 is 0 Å². The Labute approximate surface area is 121 Å². The van der Waals surface area contributed by atoms with Gasteiger partial charge in [-0.05, 0) is 43.9 Å². The molecule has 1 heterocycles. The van der Waals surface area contributed by atoms with Crippen molar-refractivity contribution in [3.8, 4) is 0 Å². The summed E-state index contributed by atoms with van der Waals surface area (Å²) in [6.07, 6.45) is 4.68. The highest BCUT2D eigenvalue weighted by molar-refractivity contribution is 5.87. The smallest absolute Gasteiger partial charge is 0.230 e. The summed E-state index contributed by atoms with van der Waals surface area (Å²) >= 11 is 0. The van der Waals surface area contributed by atoms with Crippen LogP contribution in [0.3, 0.4) is 0 Å². The third-order valence-electron chi connectivity index (χ3n) is 4.70. The first kappa shape index (κ1) is 13.6. The second kappa shape index (κ2) is 5.96. The van der Waals surface area contributed by atoms with Crippen LogP contribution in [0.2, 0.25) is 0 Å². The molecule has 108 valence electrons. The Morgan fingerprint density at radius 3 is 2.90 bits per heavy atom. The molecule has 3 nitrogen and oxygen atoms in total. The Morgan fingerprint density at radius 2 is 2.20 bits per heavy atom. The average molecular weight is 272 g/mol. The van der Waals surface area contributed by atoms with Crippen LogP contribution >= 0.6 is 0 Å². The molecule has 1 aliphatic carbocycles. The van der Waals surface area contributed by atoms with Crippen molar-refractivity contribution in [3.63, 3.8) is 0 Å². The van der Waals surface area contributed by atoms with E-state index in [1.54, 1.807) is 0 Å². The molecule has 20 heavy (non-hydrogen) atoms. The number of hydrogen-bond acceptors (Lipinski definition) is 2. The molecule has 0 bridgehead atoms. The largest absolute Gasteiger partial charge is 0.341 e.